The molecule has 5 heteroatoms. The van der Waals surface area contributed by atoms with Crippen LogP contribution in [0.4, 0.5) is 0 Å². The summed E-state index contributed by atoms with van der Waals surface area (Å²) in [5, 5.41) is 13.0. The summed E-state index contributed by atoms with van der Waals surface area (Å²) in [5.41, 5.74) is 1.86. The van der Waals surface area contributed by atoms with Gasteiger partial charge in [0.05, 0.1) is 0 Å². The minimum atomic E-state index is -1.01. The quantitative estimate of drug-likeness (QED) is 0.735. The van der Waals surface area contributed by atoms with Crippen LogP contribution in [0.1, 0.15) is 32.3 Å². The Kier molecular flexibility index (Phi) is 5.20. The van der Waals surface area contributed by atoms with E-state index < -0.39 is 12.0 Å². The van der Waals surface area contributed by atoms with Crippen molar-refractivity contribution in [2.45, 2.75) is 39.2 Å². The second kappa shape index (κ2) is 7.11. The standard InChI is InChI=1S/C17H22N2O3/c1-3-11(2)8-16(20)19-15(17(21)22)9-12-10-18-14-7-5-4-6-13(12)14/h4-7,10-11,15,18H,3,8-9H2,1-2H3,(H,19,20)(H,21,22). The molecular weight excluding hydrogens is 280 g/mol. The summed E-state index contributed by atoms with van der Waals surface area (Å²) < 4.78 is 0. The van der Waals surface area contributed by atoms with Gasteiger partial charge in [-0.25, -0.2) is 4.79 Å². The number of carboxylic acids is 1. The van der Waals surface area contributed by atoms with Crippen molar-refractivity contribution in [3.8, 4) is 0 Å². The number of benzene rings is 1. The highest BCUT2D eigenvalue weighted by Crippen LogP contribution is 2.19. The van der Waals surface area contributed by atoms with Crippen molar-refractivity contribution in [1.29, 1.82) is 0 Å². The van der Waals surface area contributed by atoms with Gasteiger partial charge in [0, 0.05) is 29.9 Å². The average molecular weight is 302 g/mol. The molecule has 1 heterocycles. The van der Waals surface area contributed by atoms with E-state index in [-0.39, 0.29) is 18.2 Å². The van der Waals surface area contributed by atoms with Crippen LogP contribution in [0.15, 0.2) is 30.5 Å². The number of nitrogens with one attached hydrogen (secondary N) is 2. The van der Waals surface area contributed by atoms with Crippen LogP contribution in [-0.2, 0) is 16.0 Å². The Morgan fingerprint density at radius 3 is 2.73 bits per heavy atom. The number of aromatic nitrogens is 1. The molecule has 0 saturated carbocycles. The number of H-pyrrole nitrogens is 1. The predicted molar refractivity (Wildman–Crippen MR) is 85.6 cm³/mol. The Morgan fingerprint density at radius 1 is 1.32 bits per heavy atom. The first-order chi connectivity index (χ1) is 10.5. The molecule has 22 heavy (non-hydrogen) atoms. The third-order valence-electron chi connectivity index (χ3n) is 3.96. The zero-order chi connectivity index (χ0) is 16.1. The number of para-hydroxylation sites is 1. The first-order valence-electron chi connectivity index (χ1n) is 7.58. The molecule has 118 valence electrons. The van der Waals surface area contributed by atoms with Gasteiger partial charge < -0.3 is 15.4 Å². The second-order valence-electron chi connectivity index (χ2n) is 5.74. The first-order valence-corrected chi connectivity index (χ1v) is 7.58. The third-order valence-corrected chi connectivity index (χ3v) is 3.96. The highest BCUT2D eigenvalue weighted by molar-refractivity contribution is 5.86. The molecular formula is C17H22N2O3. The van der Waals surface area contributed by atoms with Gasteiger partial charge in [-0.05, 0) is 17.5 Å². The Labute approximate surface area is 129 Å². The molecule has 2 unspecified atom stereocenters. The first kappa shape index (κ1) is 16.1. The molecule has 3 N–H and O–H groups in total. The number of aromatic amines is 1. The Morgan fingerprint density at radius 2 is 2.05 bits per heavy atom. The lowest BCUT2D eigenvalue weighted by Crippen LogP contribution is -2.42. The van der Waals surface area contributed by atoms with Gasteiger partial charge in [-0.2, -0.15) is 0 Å². The van der Waals surface area contributed by atoms with Gasteiger partial charge >= 0.3 is 5.97 Å². The maximum atomic E-state index is 11.9. The van der Waals surface area contributed by atoms with Crippen LogP contribution in [0, 0.1) is 5.92 Å². The summed E-state index contributed by atoms with van der Waals surface area (Å²) >= 11 is 0. The fraction of sp³-hybridized carbons (Fsp3) is 0.412. The lowest BCUT2D eigenvalue weighted by molar-refractivity contribution is -0.141. The van der Waals surface area contributed by atoms with E-state index in [1.807, 2.05) is 38.1 Å². The number of aliphatic carboxylic acids is 1. The summed E-state index contributed by atoms with van der Waals surface area (Å²) in [6, 6.07) is 6.81. The smallest absolute Gasteiger partial charge is 0.326 e. The molecule has 0 aliphatic heterocycles. The SMILES string of the molecule is CCC(C)CC(=O)NC(Cc1c[nH]c2ccccc12)C(=O)O. The molecule has 0 fully saturated rings. The average Bonchev–Trinajstić information content (AvgIpc) is 2.89. The zero-order valence-electron chi connectivity index (χ0n) is 12.9. The number of hydrogen-bond acceptors (Lipinski definition) is 2. The Bertz CT molecular complexity index is 663. The molecule has 0 radical (unpaired) electrons. The fourth-order valence-electron chi connectivity index (χ4n) is 2.43. The monoisotopic (exact) mass is 302 g/mol. The van der Waals surface area contributed by atoms with Gasteiger partial charge in [0.1, 0.15) is 6.04 Å². The summed E-state index contributed by atoms with van der Waals surface area (Å²) in [5.74, 6) is -0.966. The van der Waals surface area contributed by atoms with Crippen LogP contribution in [0.2, 0.25) is 0 Å². The fourth-order valence-corrected chi connectivity index (χ4v) is 2.43. The van der Waals surface area contributed by atoms with Crippen molar-refractivity contribution in [3.63, 3.8) is 0 Å². The van der Waals surface area contributed by atoms with E-state index in [0.717, 1.165) is 22.9 Å². The molecule has 2 aromatic rings. The van der Waals surface area contributed by atoms with Gasteiger partial charge in [0.2, 0.25) is 5.91 Å². The van der Waals surface area contributed by atoms with Gasteiger partial charge in [-0.15, -0.1) is 0 Å². The van der Waals surface area contributed by atoms with Gasteiger partial charge in [0.25, 0.3) is 0 Å². The molecule has 1 amide bonds. The van der Waals surface area contributed by atoms with Crippen LogP contribution in [0.25, 0.3) is 10.9 Å². The number of fused-ring (bicyclic) bond motifs is 1. The maximum Gasteiger partial charge on any atom is 0.326 e. The number of amides is 1. The lowest BCUT2D eigenvalue weighted by Gasteiger charge is -2.16. The number of carbonyl (C=O) groups is 2. The molecule has 0 bridgehead atoms. The zero-order valence-corrected chi connectivity index (χ0v) is 12.9. The van der Waals surface area contributed by atoms with Crippen LogP contribution >= 0.6 is 0 Å². The van der Waals surface area contributed by atoms with Crippen LogP contribution < -0.4 is 5.32 Å². The number of carbonyl (C=O) groups excluding carboxylic acids is 1. The minimum Gasteiger partial charge on any atom is -0.480 e. The Hall–Kier alpha value is -2.30. The van der Waals surface area contributed by atoms with E-state index in [9.17, 15) is 14.7 Å². The highest BCUT2D eigenvalue weighted by Gasteiger charge is 2.22. The van der Waals surface area contributed by atoms with Gasteiger partial charge in [0.15, 0.2) is 0 Å². The molecule has 2 atom stereocenters. The summed E-state index contributed by atoms with van der Waals surface area (Å²) in [6.07, 6.45) is 3.33. The summed E-state index contributed by atoms with van der Waals surface area (Å²) in [6.45, 7) is 3.99. The topological polar surface area (TPSA) is 82.2 Å². The Balaban J connectivity index is 2.09. The second-order valence-corrected chi connectivity index (χ2v) is 5.74. The highest BCUT2D eigenvalue weighted by atomic mass is 16.4. The molecule has 1 aromatic carbocycles. The van der Waals surface area contributed by atoms with Crippen molar-refractivity contribution in [2.24, 2.45) is 5.92 Å². The third kappa shape index (κ3) is 3.87. The van der Waals surface area contributed by atoms with Crippen molar-refractivity contribution in [1.82, 2.24) is 10.3 Å². The van der Waals surface area contributed by atoms with E-state index >= 15 is 0 Å². The van der Waals surface area contributed by atoms with Crippen molar-refractivity contribution in [3.05, 3.63) is 36.0 Å². The largest absolute Gasteiger partial charge is 0.480 e. The number of carboxylic acid groups (broad SMARTS) is 1. The molecule has 0 saturated heterocycles. The predicted octanol–water partition coefficient (Wildman–Crippen LogP) is 2.72. The molecule has 5 nitrogen and oxygen atoms in total. The molecule has 0 spiro atoms. The van der Waals surface area contributed by atoms with Crippen molar-refractivity contribution in [2.75, 3.05) is 0 Å². The van der Waals surface area contributed by atoms with Crippen molar-refractivity contribution < 1.29 is 14.7 Å². The normalized spacial score (nSPS) is 13.7. The number of hydrogen-bond donors (Lipinski definition) is 3. The molecule has 1 aromatic heterocycles. The van der Waals surface area contributed by atoms with Gasteiger partial charge in [-0.3, -0.25) is 4.79 Å². The summed E-state index contributed by atoms with van der Waals surface area (Å²) in [4.78, 5) is 26.5. The van der Waals surface area contributed by atoms with E-state index in [0.29, 0.717) is 6.42 Å². The molecule has 2 rings (SSSR count). The van der Waals surface area contributed by atoms with E-state index in [1.165, 1.54) is 0 Å². The van der Waals surface area contributed by atoms with E-state index in [4.69, 9.17) is 0 Å². The maximum absolute atomic E-state index is 11.9. The van der Waals surface area contributed by atoms with Crippen LogP contribution in [0.5, 0.6) is 0 Å². The van der Waals surface area contributed by atoms with Crippen molar-refractivity contribution >= 4 is 22.8 Å². The lowest BCUT2D eigenvalue weighted by atomic mass is 10.0. The molecule has 0 aliphatic carbocycles. The molecule has 0 aliphatic rings. The van der Waals surface area contributed by atoms with E-state index in [1.54, 1.807) is 6.20 Å². The van der Waals surface area contributed by atoms with E-state index in [2.05, 4.69) is 10.3 Å². The minimum absolute atomic E-state index is 0.207. The van der Waals surface area contributed by atoms with Gasteiger partial charge in [-0.1, -0.05) is 38.5 Å². The van der Waals surface area contributed by atoms with Crippen LogP contribution in [-0.4, -0.2) is 28.0 Å². The van der Waals surface area contributed by atoms with Crippen LogP contribution in [0.3, 0.4) is 0 Å². The summed E-state index contributed by atoms with van der Waals surface area (Å²) in [7, 11) is 0. The number of rotatable bonds is 7.